The Labute approximate surface area is 243 Å². The summed E-state index contributed by atoms with van der Waals surface area (Å²) in [4.78, 5) is 17.7. The van der Waals surface area contributed by atoms with Crippen LogP contribution >= 0.6 is 0 Å². The van der Waals surface area contributed by atoms with E-state index < -0.39 is 27.9 Å². The van der Waals surface area contributed by atoms with E-state index in [1.54, 1.807) is 37.3 Å². The molecule has 3 fully saturated rings. The van der Waals surface area contributed by atoms with Crippen molar-refractivity contribution in [2.75, 3.05) is 47.9 Å². The molecule has 12 heteroatoms. The number of furan rings is 1. The monoisotopic (exact) mass is 602 g/mol. The summed E-state index contributed by atoms with van der Waals surface area (Å²) >= 11 is 0. The molecule has 0 bridgehead atoms. The summed E-state index contributed by atoms with van der Waals surface area (Å²) in [7, 11) is -3.90. The standard InChI is InChI=1S/C30H36F2N4O5S/c1-20(19-37)34-42(39,40)23-2-3-24(25(18-23)35-11-7-29(5-6-29)8-12-35)33-28(38)22-16-21-4-15-41-27(21)26(17-22)36-13-9-30(31,32)10-14-36/h2-4,15-18,20,34,37H,5-14,19H2,1H3,(H,33,38)/t20-/m0/s1. The topological polar surface area (TPSA) is 115 Å². The number of aliphatic hydroxyl groups is 1. The van der Waals surface area contributed by atoms with E-state index in [1.807, 2.05) is 4.90 Å². The van der Waals surface area contributed by atoms with Crippen LogP contribution in [0.1, 0.15) is 55.8 Å². The van der Waals surface area contributed by atoms with Gasteiger partial charge in [0.1, 0.15) is 0 Å². The quantitative estimate of drug-likeness (QED) is 0.334. The molecule has 1 atom stereocenters. The molecule has 3 aliphatic rings. The first-order chi connectivity index (χ1) is 20.0. The van der Waals surface area contributed by atoms with Crippen LogP contribution in [0.3, 0.4) is 0 Å². The maximum Gasteiger partial charge on any atom is 0.255 e. The van der Waals surface area contributed by atoms with Crippen molar-refractivity contribution >= 4 is 44.0 Å². The van der Waals surface area contributed by atoms with Gasteiger partial charge in [0, 0.05) is 56.0 Å². The van der Waals surface area contributed by atoms with Gasteiger partial charge in [-0.05, 0) is 74.4 Å². The molecular formula is C30H36F2N4O5S. The van der Waals surface area contributed by atoms with Gasteiger partial charge in [0.15, 0.2) is 5.58 Å². The molecule has 0 unspecified atom stereocenters. The largest absolute Gasteiger partial charge is 0.462 e. The average Bonchev–Trinajstić information content (AvgIpc) is 3.53. The highest BCUT2D eigenvalue weighted by Crippen LogP contribution is 2.54. The Bertz CT molecular complexity index is 1580. The lowest BCUT2D eigenvalue weighted by molar-refractivity contribution is -0.0220. The average molecular weight is 603 g/mol. The first-order valence-corrected chi connectivity index (χ1v) is 15.9. The summed E-state index contributed by atoms with van der Waals surface area (Å²) in [6.07, 6.45) is 5.42. The van der Waals surface area contributed by atoms with Gasteiger partial charge in [-0.3, -0.25) is 4.79 Å². The van der Waals surface area contributed by atoms with Crippen LogP contribution in [0, 0.1) is 5.41 Å². The van der Waals surface area contributed by atoms with E-state index in [0.717, 1.165) is 25.9 Å². The number of nitrogens with zero attached hydrogens (tertiary/aromatic N) is 2. The second-order valence-corrected chi connectivity index (χ2v) is 13.7. The van der Waals surface area contributed by atoms with Gasteiger partial charge in [-0.25, -0.2) is 21.9 Å². The van der Waals surface area contributed by atoms with Crippen LogP contribution in [0.2, 0.25) is 0 Å². The minimum absolute atomic E-state index is 0.0477. The molecule has 2 aliphatic heterocycles. The Kier molecular flexibility index (Phi) is 7.43. The Balaban J connectivity index is 1.31. The molecule has 1 saturated carbocycles. The first-order valence-electron chi connectivity index (χ1n) is 14.5. The van der Waals surface area contributed by atoms with Gasteiger partial charge < -0.3 is 24.6 Å². The van der Waals surface area contributed by atoms with E-state index in [9.17, 15) is 27.1 Å². The lowest BCUT2D eigenvalue weighted by Crippen LogP contribution is -2.39. The fraction of sp³-hybridized carbons (Fsp3) is 0.500. The maximum atomic E-state index is 13.8. The number of halogens is 2. The Hall–Kier alpha value is -3.22. The third kappa shape index (κ3) is 5.84. The second-order valence-electron chi connectivity index (χ2n) is 12.0. The zero-order chi connectivity index (χ0) is 29.7. The number of fused-ring (bicyclic) bond motifs is 1. The summed E-state index contributed by atoms with van der Waals surface area (Å²) in [6.45, 7) is 3.03. The van der Waals surface area contributed by atoms with E-state index in [4.69, 9.17) is 4.42 Å². The van der Waals surface area contributed by atoms with Crippen molar-refractivity contribution in [3.63, 3.8) is 0 Å². The van der Waals surface area contributed by atoms with Crippen LogP contribution in [-0.2, 0) is 10.0 Å². The molecule has 2 saturated heterocycles. The number of hydrogen-bond acceptors (Lipinski definition) is 7. The van der Waals surface area contributed by atoms with Crippen molar-refractivity contribution in [3.05, 3.63) is 48.2 Å². The van der Waals surface area contributed by atoms with Gasteiger partial charge in [0.25, 0.3) is 11.8 Å². The summed E-state index contributed by atoms with van der Waals surface area (Å²) in [5, 5.41) is 13.0. The molecule has 6 rings (SSSR count). The summed E-state index contributed by atoms with van der Waals surface area (Å²) in [5.41, 5.74) is 2.96. The number of sulfonamides is 1. The number of aliphatic hydroxyl groups excluding tert-OH is 1. The minimum atomic E-state index is -3.90. The fourth-order valence-corrected chi connectivity index (χ4v) is 7.27. The molecule has 9 nitrogen and oxygen atoms in total. The molecule has 3 N–H and O–H groups in total. The highest BCUT2D eigenvalue weighted by molar-refractivity contribution is 7.89. The number of alkyl halides is 2. The first kappa shape index (κ1) is 28.9. The lowest BCUT2D eigenvalue weighted by Gasteiger charge is -2.35. The third-order valence-electron chi connectivity index (χ3n) is 8.91. The van der Waals surface area contributed by atoms with Crippen LogP contribution in [0.4, 0.5) is 25.8 Å². The molecule has 1 spiro atoms. The van der Waals surface area contributed by atoms with Gasteiger partial charge >= 0.3 is 0 Å². The van der Waals surface area contributed by atoms with Crippen molar-refractivity contribution in [3.8, 4) is 0 Å². The number of anilines is 3. The summed E-state index contributed by atoms with van der Waals surface area (Å²) in [5.74, 6) is -3.11. The molecule has 3 heterocycles. The Morgan fingerprint density at radius 1 is 0.976 bits per heavy atom. The normalized spacial score (nSPS) is 20.6. The van der Waals surface area contributed by atoms with Gasteiger partial charge in [-0.1, -0.05) is 0 Å². The van der Waals surface area contributed by atoms with Crippen LogP contribution in [0.15, 0.2) is 52.0 Å². The highest BCUT2D eigenvalue weighted by Gasteiger charge is 2.44. The number of nitrogens with one attached hydrogen (secondary N) is 2. The molecule has 1 aromatic heterocycles. The third-order valence-corrected chi connectivity index (χ3v) is 10.5. The molecule has 1 amide bonds. The molecule has 1 aliphatic carbocycles. The molecule has 42 heavy (non-hydrogen) atoms. The lowest BCUT2D eigenvalue weighted by atomic mass is 9.93. The van der Waals surface area contributed by atoms with E-state index in [0.29, 0.717) is 39.0 Å². The van der Waals surface area contributed by atoms with Crippen molar-refractivity contribution in [2.24, 2.45) is 5.41 Å². The van der Waals surface area contributed by atoms with E-state index in [-0.39, 0.29) is 37.4 Å². The Morgan fingerprint density at radius 3 is 2.31 bits per heavy atom. The fourth-order valence-electron chi connectivity index (χ4n) is 6.01. The Morgan fingerprint density at radius 2 is 1.64 bits per heavy atom. The number of carbonyl (C=O) groups is 1. The number of amides is 1. The molecule has 3 aromatic rings. The smallest absolute Gasteiger partial charge is 0.255 e. The second kappa shape index (κ2) is 10.8. The van der Waals surface area contributed by atoms with Gasteiger partial charge in [-0.15, -0.1) is 0 Å². The predicted molar refractivity (Wildman–Crippen MR) is 157 cm³/mol. The molecule has 226 valence electrons. The van der Waals surface area contributed by atoms with Crippen LogP contribution < -0.4 is 19.8 Å². The van der Waals surface area contributed by atoms with E-state index in [1.165, 1.54) is 25.2 Å². The maximum absolute atomic E-state index is 13.8. The van der Waals surface area contributed by atoms with Gasteiger partial charge in [0.2, 0.25) is 10.0 Å². The van der Waals surface area contributed by atoms with Crippen LogP contribution in [-0.4, -0.2) is 64.2 Å². The number of carbonyl (C=O) groups excluding carboxylic acids is 1. The molecule has 2 aromatic carbocycles. The van der Waals surface area contributed by atoms with Gasteiger partial charge in [-0.2, -0.15) is 0 Å². The van der Waals surface area contributed by atoms with Crippen molar-refractivity contribution in [2.45, 2.75) is 62.3 Å². The van der Waals surface area contributed by atoms with Crippen LogP contribution in [0.5, 0.6) is 0 Å². The summed E-state index contributed by atoms with van der Waals surface area (Å²) < 4.78 is 61.9. The number of hydrogen-bond donors (Lipinski definition) is 3. The van der Waals surface area contributed by atoms with Crippen LogP contribution in [0.25, 0.3) is 11.0 Å². The molecular weight excluding hydrogens is 566 g/mol. The number of rotatable bonds is 8. The van der Waals surface area contributed by atoms with Gasteiger partial charge in [0.05, 0.1) is 34.8 Å². The van der Waals surface area contributed by atoms with E-state index >= 15 is 0 Å². The zero-order valence-corrected chi connectivity index (χ0v) is 24.4. The predicted octanol–water partition coefficient (Wildman–Crippen LogP) is 4.96. The molecule has 0 radical (unpaired) electrons. The van der Waals surface area contributed by atoms with E-state index in [2.05, 4.69) is 14.9 Å². The SMILES string of the molecule is C[C@@H](CO)NS(=O)(=O)c1ccc(NC(=O)c2cc(N3CCC(F)(F)CC3)c3occc3c2)c(N2CCC3(CC2)CC3)c1. The zero-order valence-electron chi connectivity index (χ0n) is 23.5. The van der Waals surface area contributed by atoms with Crippen molar-refractivity contribution in [1.29, 1.82) is 0 Å². The number of benzene rings is 2. The van der Waals surface area contributed by atoms with Crippen molar-refractivity contribution in [1.82, 2.24) is 4.72 Å². The summed E-state index contributed by atoms with van der Waals surface area (Å²) in [6, 6.07) is 9.06. The highest BCUT2D eigenvalue weighted by atomic mass is 32.2. The minimum Gasteiger partial charge on any atom is -0.462 e. The number of piperidine rings is 2. The van der Waals surface area contributed by atoms with Crippen molar-refractivity contribution < 1.29 is 31.5 Å².